The first-order chi connectivity index (χ1) is 45.1. The summed E-state index contributed by atoms with van der Waals surface area (Å²) in [4.78, 5) is 125. The largest absolute Gasteiger partial charge is 0.508 e. The van der Waals surface area contributed by atoms with Crippen molar-refractivity contribution in [2.45, 2.75) is 107 Å². The van der Waals surface area contributed by atoms with E-state index in [9.17, 15) is 43.2 Å². The zero-order valence-corrected chi connectivity index (χ0v) is 51.8. The summed E-state index contributed by atoms with van der Waals surface area (Å²) in [6.07, 6.45) is 0.656. The number of ether oxygens (including phenoxy) is 14. The van der Waals surface area contributed by atoms with Crippen LogP contribution in [-0.4, -0.2) is 268 Å². The summed E-state index contributed by atoms with van der Waals surface area (Å²) in [5.41, 5.74) is 23.4. The molecule has 2 saturated heterocycles. The number of carbonyl (C=O) groups excluding carboxylic acids is 9. The van der Waals surface area contributed by atoms with Gasteiger partial charge in [-0.15, -0.1) is 16.6 Å². The first-order valence-corrected chi connectivity index (χ1v) is 29.0. The number of nitrogens with one attached hydrogen (secondary N) is 4. The molecular weight excluding hydrogens is 1250 g/mol. The van der Waals surface area contributed by atoms with Crippen LogP contribution in [0.1, 0.15) is 31.7 Å². The van der Waals surface area contributed by atoms with Crippen LogP contribution in [-0.2, 0) is 126 Å². The summed E-state index contributed by atoms with van der Waals surface area (Å²) in [7, 11) is 2.20. The molecule has 2 aromatic heterocycles. The Hall–Kier alpha value is -9.95. The number of methoxy groups -OCH3 is 2. The Morgan fingerprint density at radius 2 is 1.06 bits per heavy atom. The van der Waals surface area contributed by atoms with Crippen LogP contribution in [0.5, 0.6) is 0 Å². The highest BCUT2D eigenvalue weighted by atomic mass is 16.8. The van der Waals surface area contributed by atoms with E-state index in [0.29, 0.717) is 37.8 Å². The van der Waals surface area contributed by atoms with E-state index < -0.39 is 134 Å². The van der Waals surface area contributed by atoms with Gasteiger partial charge in [-0.3, -0.25) is 33.3 Å². The van der Waals surface area contributed by atoms with Crippen LogP contribution in [0.15, 0.2) is 46.0 Å². The zero-order chi connectivity index (χ0) is 68.1. The quantitative estimate of drug-likeness (QED) is 0.00771. The number of amides is 5. The average molecular weight is 1330 g/mol. The number of carbonyl (C=O) groups is 9. The fourth-order valence-corrected chi connectivity index (χ4v) is 9.46. The van der Waals surface area contributed by atoms with E-state index in [2.05, 4.69) is 57.8 Å². The molecule has 6 heterocycles. The molecule has 12 N–H and O–H groups in total. The molecular formula is C54H77N17O23. The predicted molar refractivity (Wildman–Crippen MR) is 313 cm³/mol. The van der Waals surface area contributed by atoms with E-state index in [0.717, 1.165) is 14.2 Å². The number of hydrogen-bond acceptors (Lipinski definition) is 29. The first kappa shape index (κ1) is 73.1. The number of rotatable bonds is 39. The predicted octanol–water partition coefficient (Wildman–Crippen LogP) is -6.23. The summed E-state index contributed by atoms with van der Waals surface area (Å²) in [6, 6.07) is -4.51. The van der Waals surface area contributed by atoms with Crippen LogP contribution < -0.4 is 44.2 Å². The summed E-state index contributed by atoms with van der Waals surface area (Å²) in [5, 5.41) is 27.5. The van der Waals surface area contributed by atoms with E-state index in [1.807, 2.05) is 0 Å². The molecule has 10 atom stereocenters. The third-order valence-electron chi connectivity index (χ3n) is 13.5. The number of nitrogens with two attached hydrogens (primary N) is 4. The minimum atomic E-state index is -1.37. The number of guanidine groups is 2. The highest BCUT2D eigenvalue weighted by Crippen LogP contribution is 2.31. The molecule has 40 heteroatoms. The van der Waals surface area contributed by atoms with Crippen LogP contribution in [0, 0.1) is 12.3 Å². The Bertz CT molecular complexity index is 2910. The molecule has 40 nitrogen and oxygen atoms in total. The van der Waals surface area contributed by atoms with Crippen LogP contribution in [0.2, 0.25) is 0 Å². The van der Waals surface area contributed by atoms with Crippen LogP contribution in [0.3, 0.4) is 0 Å². The van der Waals surface area contributed by atoms with E-state index in [1.54, 1.807) is 12.4 Å². The number of terminal acetylenes is 1. The van der Waals surface area contributed by atoms with Gasteiger partial charge in [0.05, 0.1) is 130 Å². The molecule has 2 aromatic rings. The number of esters is 2. The van der Waals surface area contributed by atoms with Crippen molar-refractivity contribution >= 4 is 65.7 Å². The second kappa shape index (κ2) is 37.5. The van der Waals surface area contributed by atoms with Crippen molar-refractivity contribution < 1.29 is 109 Å². The molecule has 0 radical (unpaired) electrons. The fourth-order valence-electron chi connectivity index (χ4n) is 9.46. The van der Waals surface area contributed by atoms with Gasteiger partial charge in [-0.2, -0.15) is 0 Å². The lowest BCUT2D eigenvalue weighted by atomic mass is 9.92. The van der Waals surface area contributed by atoms with Crippen LogP contribution in [0.25, 0.3) is 0 Å². The monoisotopic (exact) mass is 1330 g/mol. The number of cyclic esters (lactones) is 4. The maximum atomic E-state index is 13.9. The smallest absolute Gasteiger partial charge is 0.478 e. The fraction of sp³-hybridized carbons (Fsp3) is 0.611. The van der Waals surface area contributed by atoms with Gasteiger partial charge in [0, 0.05) is 26.9 Å². The van der Waals surface area contributed by atoms with Gasteiger partial charge in [0.15, 0.2) is 36.3 Å². The zero-order valence-electron chi connectivity index (χ0n) is 51.8. The summed E-state index contributed by atoms with van der Waals surface area (Å²) < 4.78 is 78.8. The maximum absolute atomic E-state index is 13.9. The van der Waals surface area contributed by atoms with Gasteiger partial charge in [0.2, 0.25) is 41.1 Å². The molecule has 0 spiro atoms. The third-order valence-corrected chi connectivity index (χ3v) is 13.5. The summed E-state index contributed by atoms with van der Waals surface area (Å²) >= 11 is 0. The highest BCUT2D eigenvalue weighted by Gasteiger charge is 2.51. The van der Waals surface area contributed by atoms with Crippen molar-refractivity contribution in [3.8, 4) is 12.3 Å². The van der Waals surface area contributed by atoms with Gasteiger partial charge in [0.25, 0.3) is 0 Å². The topological polar surface area (TPSA) is 524 Å². The van der Waals surface area contributed by atoms with Crippen molar-refractivity contribution in [1.29, 1.82) is 0 Å². The van der Waals surface area contributed by atoms with Crippen molar-refractivity contribution in [3.05, 3.63) is 47.5 Å². The SMILES string of the molecule is C#CCOCCOCCOCCOCCC(=O)N(Cc1cn(CCNC(=O)CO[C@@H]([C@@H]2OC(C(=O)OC)=C[C@H](N=C(N)N)[C@H]2NC(C)=O)[C@H]2COC(=O)O2)nn1)Cc1cn(CCNC(=O)CO[C@@H]([C@@H]2OC(C(=O)OC)=C[C@H](N=C(N)N)[C@H]2NC(C)=O)[C@H]2COC(=O)O2)nn1. The Morgan fingerprint density at radius 3 is 1.44 bits per heavy atom. The van der Waals surface area contributed by atoms with Gasteiger partial charge >= 0.3 is 24.2 Å². The number of hydrogen-bond donors (Lipinski definition) is 8. The lowest BCUT2D eigenvalue weighted by molar-refractivity contribution is -0.155. The van der Waals surface area contributed by atoms with Gasteiger partial charge in [-0.25, -0.2) is 29.2 Å². The normalized spacial score (nSPS) is 21.0. The second-order valence-corrected chi connectivity index (χ2v) is 20.5. The molecule has 0 unspecified atom stereocenters. The molecule has 4 aliphatic heterocycles. The molecule has 0 aromatic carbocycles. The Morgan fingerprint density at radius 1 is 0.649 bits per heavy atom. The average Bonchev–Trinajstić information content (AvgIpc) is 1.09. The molecule has 516 valence electrons. The number of aromatic nitrogens is 6. The van der Waals surface area contributed by atoms with Gasteiger partial charge < -0.3 is 115 Å². The maximum Gasteiger partial charge on any atom is 0.508 e. The van der Waals surface area contributed by atoms with E-state index in [-0.39, 0.29) is 103 Å². The minimum Gasteiger partial charge on any atom is -0.478 e. The molecule has 4 aliphatic rings. The molecule has 5 amide bonds. The summed E-state index contributed by atoms with van der Waals surface area (Å²) in [6.45, 7) is 2.28. The molecule has 0 saturated carbocycles. The molecule has 2 fully saturated rings. The minimum absolute atomic E-state index is 0.0224. The van der Waals surface area contributed by atoms with Crippen molar-refractivity contribution in [3.63, 3.8) is 0 Å². The second-order valence-electron chi connectivity index (χ2n) is 20.5. The van der Waals surface area contributed by atoms with E-state index in [4.69, 9.17) is 95.7 Å². The van der Waals surface area contributed by atoms with Gasteiger partial charge in [0.1, 0.15) is 56.6 Å². The summed E-state index contributed by atoms with van der Waals surface area (Å²) in [5.74, 6) is -3.83. The van der Waals surface area contributed by atoms with E-state index in [1.165, 1.54) is 40.3 Å². The molecule has 0 aliphatic carbocycles. The Kier molecular flexibility index (Phi) is 29.2. The van der Waals surface area contributed by atoms with Crippen molar-refractivity contribution in [1.82, 2.24) is 56.2 Å². The van der Waals surface area contributed by atoms with Gasteiger partial charge in [-0.1, -0.05) is 16.3 Å². The third kappa shape index (κ3) is 23.6. The Balaban J connectivity index is 1.06. The molecule has 0 bridgehead atoms. The van der Waals surface area contributed by atoms with Gasteiger partial charge in [-0.05, 0) is 12.2 Å². The van der Waals surface area contributed by atoms with Crippen LogP contribution >= 0.6 is 0 Å². The Labute approximate surface area is 536 Å². The number of aliphatic imine (C=N–C) groups is 2. The lowest BCUT2D eigenvalue weighted by Crippen LogP contribution is -2.60. The number of nitrogens with zero attached hydrogens (tertiary/aromatic N) is 9. The van der Waals surface area contributed by atoms with Crippen molar-refractivity contribution in [2.75, 3.05) is 107 Å². The molecule has 94 heavy (non-hydrogen) atoms. The van der Waals surface area contributed by atoms with E-state index >= 15 is 0 Å². The first-order valence-electron chi connectivity index (χ1n) is 29.0. The van der Waals surface area contributed by atoms with Crippen LogP contribution in [0.4, 0.5) is 9.59 Å². The molecule has 6 rings (SSSR count). The standard InChI is InChI=1S/C54H77N17O23/c1-6-12-83-14-16-85-18-19-86-17-15-84-13-7-42(76)69(22-32-24-70(67-65-32)10-8-59-40(74)28-87-45(38-26-89-53(79)93-38)47-43(61-30(2)72)34(63-51(55)56)20-36(91-47)49(77)81-4)23-33-25-71(68-66-33)11-9-60-41(75)29-88-46(39-27-90-54(80)94-39)48-44(62-31(3)73)35(64-52(57)58)21-37(92-48)50(78)82-5/h1,20-21,24-25,34-35,38-39,43-48H,7-19,22-23,26-29H2,2-5H3,(H,59,74)(H,60,75)(H,61,72)(H,62,73)(H4,55,56,63)(H4,57,58,64)/t34-,35-,38+,39+,43+,44+,45+,46+,47+,48+/m0/s1. The van der Waals surface area contributed by atoms with Crippen molar-refractivity contribution in [2.24, 2.45) is 32.9 Å². The highest BCUT2D eigenvalue weighted by molar-refractivity contribution is 5.88. The lowest BCUT2D eigenvalue weighted by Gasteiger charge is -2.40.